The van der Waals surface area contributed by atoms with E-state index in [1.165, 1.54) is 53.1 Å². The molecular weight excluding hydrogens is 244 g/mol. The second kappa shape index (κ2) is 4.35. The summed E-state index contributed by atoms with van der Waals surface area (Å²) >= 11 is 0. The summed E-state index contributed by atoms with van der Waals surface area (Å²) in [5.41, 5.74) is 10.2. The van der Waals surface area contributed by atoms with Crippen molar-refractivity contribution in [2.45, 2.75) is 31.1 Å². The Labute approximate surface area is 119 Å². The minimum absolute atomic E-state index is 0.215. The van der Waals surface area contributed by atoms with Crippen molar-refractivity contribution in [1.29, 1.82) is 0 Å². The first kappa shape index (κ1) is 12.0. The molecule has 2 aromatic carbocycles. The van der Waals surface area contributed by atoms with Gasteiger partial charge < -0.3 is 10.7 Å². The Morgan fingerprint density at radius 2 is 1.70 bits per heavy atom. The van der Waals surface area contributed by atoms with Crippen LogP contribution < -0.4 is 5.73 Å². The molecule has 1 fully saturated rings. The molecule has 0 unspecified atom stereocenters. The number of aromatic nitrogens is 1. The molecule has 3 N–H and O–H groups in total. The fourth-order valence-corrected chi connectivity index (χ4v) is 3.84. The van der Waals surface area contributed by atoms with Crippen molar-refractivity contribution in [1.82, 2.24) is 4.98 Å². The maximum absolute atomic E-state index is 6.13. The zero-order valence-electron chi connectivity index (χ0n) is 11.7. The van der Waals surface area contributed by atoms with Crippen LogP contribution in [0, 0.1) is 0 Å². The number of fused-ring (bicyclic) bond motifs is 3. The van der Waals surface area contributed by atoms with Gasteiger partial charge in [-0.1, -0.05) is 37.1 Å². The van der Waals surface area contributed by atoms with E-state index in [1.54, 1.807) is 0 Å². The number of nitrogens with two attached hydrogens (primary N) is 1. The maximum Gasteiger partial charge on any atom is 0.0465 e. The Morgan fingerprint density at radius 3 is 2.50 bits per heavy atom. The Balaban J connectivity index is 1.95. The van der Waals surface area contributed by atoms with Crippen molar-refractivity contribution in [3.8, 4) is 0 Å². The summed E-state index contributed by atoms with van der Waals surface area (Å²) in [5, 5.41) is 2.65. The van der Waals surface area contributed by atoms with E-state index in [2.05, 4.69) is 47.4 Å². The van der Waals surface area contributed by atoms with Crippen molar-refractivity contribution in [3.63, 3.8) is 0 Å². The fourth-order valence-electron chi connectivity index (χ4n) is 3.84. The lowest BCUT2D eigenvalue weighted by atomic mass is 9.78. The average molecular weight is 264 g/mol. The molecule has 1 aliphatic rings. The van der Waals surface area contributed by atoms with Crippen LogP contribution in [0.1, 0.15) is 31.2 Å². The molecule has 0 amide bonds. The highest BCUT2D eigenvalue weighted by atomic mass is 14.7. The van der Waals surface area contributed by atoms with Crippen molar-refractivity contribution < 1.29 is 0 Å². The van der Waals surface area contributed by atoms with Crippen LogP contribution in [-0.2, 0) is 5.41 Å². The molecule has 0 saturated heterocycles. The van der Waals surface area contributed by atoms with Gasteiger partial charge in [0.2, 0.25) is 0 Å². The summed E-state index contributed by atoms with van der Waals surface area (Å²) < 4.78 is 0. The van der Waals surface area contributed by atoms with Gasteiger partial charge in [-0.15, -0.1) is 0 Å². The zero-order valence-corrected chi connectivity index (χ0v) is 11.7. The molecule has 0 bridgehead atoms. The maximum atomic E-state index is 6.13. The van der Waals surface area contributed by atoms with Crippen molar-refractivity contribution >= 4 is 21.8 Å². The van der Waals surface area contributed by atoms with E-state index in [0.717, 1.165) is 6.54 Å². The normalized spacial score (nSPS) is 18.1. The third-order valence-corrected chi connectivity index (χ3v) is 5.07. The SMILES string of the molecule is NCC1(c2ccc3[nH]c4ccccc4c3c2)CCCC1. The number of hydrogen-bond acceptors (Lipinski definition) is 1. The van der Waals surface area contributed by atoms with Gasteiger partial charge in [-0.25, -0.2) is 0 Å². The highest BCUT2D eigenvalue weighted by molar-refractivity contribution is 6.07. The van der Waals surface area contributed by atoms with E-state index < -0.39 is 0 Å². The van der Waals surface area contributed by atoms with E-state index in [-0.39, 0.29) is 5.41 Å². The van der Waals surface area contributed by atoms with Crippen molar-refractivity contribution in [2.24, 2.45) is 5.73 Å². The highest BCUT2D eigenvalue weighted by Gasteiger charge is 2.34. The predicted octanol–water partition coefficient (Wildman–Crippen LogP) is 4.09. The summed E-state index contributed by atoms with van der Waals surface area (Å²) in [6, 6.07) is 15.4. The van der Waals surface area contributed by atoms with Gasteiger partial charge in [-0.05, 0) is 36.6 Å². The molecular formula is C18H20N2. The number of rotatable bonds is 2. The molecule has 1 aliphatic carbocycles. The van der Waals surface area contributed by atoms with Crippen LogP contribution >= 0.6 is 0 Å². The first-order valence-electron chi connectivity index (χ1n) is 7.53. The van der Waals surface area contributed by atoms with Crippen molar-refractivity contribution in [3.05, 3.63) is 48.0 Å². The molecule has 0 atom stereocenters. The van der Waals surface area contributed by atoms with Gasteiger partial charge in [0, 0.05) is 33.8 Å². The van der Waals surface area contributed by atoms with Crippen LogP contribution in [0.5, 0.6) is 0 Å². The molecule has 1 heterocycles. The molecule has 1 aromatic heterocycles. The second-order valence-electron chi connectivity index (χ2n) is 6.12. The molecule has 0 radical (unpaired) electrons. The van der Waals surface area contributed by atoms with Gasteiger partial charge in [0.15, 0.2) is 0 Å². The van der Waals surface area contributed by atoms with Crippen LogP contribution in [0.3, 0.4) is 0 Å². The quantitative estimate of drug-likeness (QED) is 0.719. The van der Waals surface area contributed by atoms with E-state index in [4.69, 9.17) is 5.73 Å². The second-order valence-corrected chi connectivity index (χ2v) is 6.12. The Kier molecular flexibility index (Phi) is 2.61. The predicted molar refractivity (Wildman–Crippen MR) is 85.0 cm³/mol. The number of H-pyrrole nitrogens is 1. The monoisotopic (exact) mass is 264 g/mol. The summed E-state index contributed by atoms with van der Waals surface area (Å²) in [5.74, 6) is 0. The van der Waals surface area contributed by atoms with Gasteiger partial charge in [-0.2, -0.15) is 0 Å². The third-order valence-electron chi connectivity index (χ3n) is 5.07. The molecule has 0 aliphatic heterocycles. The lowest BCUT2D eigenvalue weighted by Gasteiger charge is -2.28. The van der Waals surface area contributed by atoms with Crippen LogP contribution in [0.25, 0.3) is 21.8 Å². The topological polar surface area (TPSA) is 41.8 Å². The van der Waals surface area contributed by atoms with E-state index in [1.807, 2.05) is 0 Å². The largest absolute Gasteiger partial charge is 0.355 e. The molecule has 3 aromatic rings. The number of hydrogen-bond donors (Lipinski definition) is 2. The Morgan fingerprint density at radius 1 is 0.950 bits per heavy atom. The van der Waals surface area contributed by atoms with Crippen LogP contribution in [0.2, 0.25) is 0 Å². The lowest BCUT2D eigenvalue weighted by molar-refractivity contribution is 0.453. The first-order chi connectivity index (χ1) is 9.82. The van der Waals surface area contributed by atoms with Gasteiger partial charge in [0.25, 0.3) is 0 Å². The van der Waals surface area contributed by atoms with Crippen LogP contribution in [-0.4, -0.2) is 11.5 Å². The standard InChI is InChI=1S/C18H20N2/c19-12-18(9-3-4-10-18)13-7-8-17-15(11-13)14-5-1-2-6-16(14)20-17/h1-2,5-8,11,20H,3-4,9-10,12,19H2. The zero-order chi connectivity index (χ0) is 13.6. The number of nitrogens with one attached hydrogen (secondary N) is 1. The average Bonchev–Trinajstić information content (AvgIpc) is 3.12. The molecule has 4 rings (SSSR count). The van der Waals surface area contributed by atoms with E-state index >= 15 is 0 Å². The van der Waals surface area contributed by atoms with E-state index in [9.17, 15) is 0 Å². The molecule has 2 nitrogen and oxygen atoms in total. The summed E-state index contributed by atoms with van der Waals surface area (Å²) in [4.78, 5) is 3.50. The minimum Gasteiger partial charge on any atom is -0.355 e. The molecule has 2 heteroatoms. The Hall–Kier alpha value is -1.80. The molecule has 20 heavy (non-hydrogen) atoms. The van der Waals surface area contributed by atoms with E-state index in [0.29, 0.717) is 0 Å². The summed E-state index contributed by atoms with van der Waals surface area (Å²) in [6.07, 6.45) is 5.08. The number of benzene rings is 2. The molecule has 102 valence electrons. The minimum atomic E-state index is 0.215. The highest BCUT2D eigenvalue weighted by Crippen LogP contribution is 2.41. The van der Waals surface area contributed by atoms with Gasteiger partial charge in [-0.3, -0.25) is 0 Å². The van der Waals surface area contributed by atoms with Crippen LogP contribution in [0.4, 0.5) is 0 Å². The number of aromatic amines is 1. The van der Waals surface area contributed by atoms with Crippen molar-refractivity contribution in [2.75, 3.05) is 6.54 Å². The number of para-hydroxylation sites is 1. The van der Waals surface area contributed by atoms with Gasteiger partial charge in [0.05, 0.1) is 0 Å². The third kappa shape index (κ3) is 1.61. The Bertz CT molecular complexity index is 763. The van der Waals surface area contributed by atoms with Crippen LogP contribution in [0.15, 0.2) is 42.5 Å². The lowest BCUT2D eigenvalue weighted by Crippen LogP contribution is -2.31. The van der Waals surface area contributed by atoms with Gasteiger partial charge >= 0.3 is 0 Å². The molecule has 0 spiro atoms. The summed E-state index contributed by atoms with van der Waals surface area (Å²) in [6.45, 7) is 0.765. The summed E-state index contributed by atoms with van der Waals surface area (Å²) in [7, 11) is 0. The van der Waals surface area contributed by atoms with Gasteiger partial charge in [0.1, 0.15) is 0 Å². The smallest absolute Gasteiger partial charge is 0.0465 e. The first-order valence-corrected chi connectivity index (χ1v) is 7.53. The molecule has 1 saturated carbocycles. The fraction of sp³-hybridized carbons (Fsp3) is 0.333.